The van der Waals surface area contributed by atoms with Gasteiger partial charge in [-0.3, -0.25) is 9.59 Å². The SMILES string of the molecule is Cc1ccc(Br)c(NC(=O)C(C(=O)O)C(C)(C)C)c1. The van der Waals surface area contributed by atoms with Crippen LogP contribution in [-0.2, 0) is 9.59 Å². The largest absolute Gasteiger partial charge is 0.481 e. The van der Waals surface area contributed by atoms with Gasteiger partial charge >= 0.3 is 5.97 Å². The molecule has 19 heavy (non-hydrogen) atoms. The summed E-state index contributed by atoms with van der Waals surface area (Å²) in [4.78, 5) is 23.4. The van der Waals surface area contributed by atoms with E-state index in [2.05, 4.69) is 21.2 Å². The maximum absolute atomic E-state index is 12.2. The Morgan fingerprint density at radius 1 is 1.32 bits per heavy atom. The molecule has 0 aliphatic rings. The van der Waals surface area contributed by atoms with E-state index >= 15 is 0 Å². The number of carboxylic acids is 1. The van der Waals surface area contributed by atoms with Crippen LogP contribution in [0.5, 0.6) is 0 Å². The monoisotopic (exact) mass is 327 g/mol. The highest BCUT2D eigenvalue weighted by Gasteiger charge is 2.37. The van der Waals surface area contributed by atoms with E-state index in [4.69, 9.17) is 0 Å². The summed E-state index contributed by atoms with van der Waals surface area (Å²) >= 11 is 3.33. The number of hydrogen-bond donors (Lipinski definition) is 2. The van der Waals surface area contributed by atoms with Crippen molar-refractivity contribution in [3.8, 4) is 0 Å². The van der Waals surface area contributed by atoms with E-state index in [1.807, 2.05) is 19.1 Å². The Morgan fingerprint density at radius 2 is 1.89 bits per heavy atom. The highest BCUT2D eigenvalue weighted by atomic mass is 79.9. The summed E-state index contributed by atoms with van der Waals surface area (Å²) in [5.74, 6) is -2.72. The number of rotatable bonds is 3. The summed E-state index contributed by atoms with van der Waals surface area (Å²) in [7, 11) is 0. The first-order valence-electron chi connectivity index (χ1n) is 5.92. The third-order valence-corrected chi connectivity index (χ3v) is 3.45. The number of carboxylic acid groups (broad SMARTS) is 1. The van der Waals surface area contributed by atoms with Gasteiger partial charge in [-0.25, -0.2) is 0 Å². The van der Waals surface area contributed by atoms with Crippen LogP contribution in [0.3, 0.4) is 0 Å². The Morgan fingerprint density at radius 3 is 2.37 bits per heavy atom. The molecule has 2 N–H and O–H groups in total. The molecule has 0 aliphatic heterocycles. The average Bonchev–Trinajstić information content (AvgIpc) is 2.20. The maximum Gasteiger partial charge on any atom is 0.316 e. The molecule has 1 aromatic rings. The van der Waals surface area contributed by atoms with E-state index in [1.54, 1.807) is 26.8 Å². The lowest BCUT2D eigenvalue weighted by atomic mass is 9.80. The van der Waals surface area contributed by atoms with Gasteiger partial charge in [0.05, 0.1) is 5.69 Å². The molecule has 4 nitrogen and oxygen atoms in total. The average molecular weight is 328 g/mol. The Labute approximate surface area is 121 Å². The van der Waals surface area contributed by atoms with E-state index in [1.165, 1.54) is 0 Å². The lowest BCUT2D eigenvalue weighted by Crippen LogP contribution is -2.39. The van der Waals surface area contributed by atoms with Crippen LogP contribution >= 0.6 is 15.9 Å². The molecule has 0 aromatic heterocycles. The van der Waals surface area contributed by atoms with Crippen LogP contribution in [-0.4, -0.2) is 17.0 Å². The second-order valence-corrected chi connectivity index (χ2v) is 6.46. The van der Waals surface area contributed by atoms with Crippen molar-refractivity contribution in [2.45, 2.75) is 27.7 Å². The second kappa shape index (κ2) is 5.74. The number of nitrogens with one attached hydrogen (secondary N) is 1. The fourth-order valence-electron chi connectivity index (χ4n) is 1.82. The Bertz CT molecular complexity index is 506. The summed E-state index contributed by atoms with van der Waals surface area (Å²) < 4.78 is 0.726. The standard InChI is InChI=1S/C14H18BrNO3/c1-8-5-6-9(15)10(7-8)16-12(17)11(13(18)19)14(2,3)4/h5-7,11H,1-4H3,(H,16,17)(H,18,19). The number of benzene rings is 1. The third-order valence-electron chi connectivity index (χ3n) is 2.75. The smallest absolute Gasteiger partial charge is 0.316 e. The van der Waals surface area contributed by atoms with E-state index in [0.29, 0.717) is 5.69 Å². The number of hydrogen-bond acceptors (Lipinski definition) is 2. The number of amides is 1. The molecule has 1 atom stereocenters. The molecule has 0 heterocycles. The highest BCUT2D eigenvalue weighted by Crippen LogP contribution is 2.29. The predicted octanol–water partition coefficient (Wildman–Crippen LogP) is 3.44. The van der Waals surface area contributed by atoms with Crippen LogP contribution in [0, 0.1) is 18.3 Å². The predicted molar refractivity (Wildman–Crippen MR) is 78.1 cm³/mol. The topological polar surface area (TPSA) is 66.4 Å². The molecular formula is C14H18BrNO3. The van der Waals surface area contributed by atoms with Gasteiger partial charge in [-0.1, -0.05) is 26.8 Å². The van der Waals surface area contributed by atoms with Gasteiger partial charge in [-0.2, -0.15) is 0 Å². The zero-order valence-corrected chi connectivity index (χ0v) is 13.0. The minimum atomic E-state index is -1.12. The lowest BCUT2D eigenvalue weighted by Gasteiger charge is -2.26. The van der Waals surface area contributed by atoms with Crippen LogP contribution < -0.4 is 5.32 Å². The molecule has 104 valence electrons. The fraction of sp³-hybridized carbons (Fsp3) is 0.429. The van der Waals surface area contributed by atoms with Crippen LogP contribution in [0.1, 0.15) is 26.3 Å². The van der Waals surface area contributed by atoms with Gasteiger partial charge in [0.15, 0.2) is 0 Å². The van der Waals surface area contributed by atoms with E-state index in [0.717, 1.165) is 10.0 Å². The molecule has 0 bridgehead atoms. The zero-order chi connectivity index (χ0) is 14.8. The quantitative estimate of drug-likeness (QED) is 0.835. The molecular weight excluding hydrogens is 310 g/mol. The van der Waals surface area contributed by atoms with Crippen molar-refractivity contribution in [1.82, 2.24) is 0 Å². The van der Waals surface area contributed by atoms with Gasteiger partial charge in [0.25, 0.3) is 0 Å². The fourth-order valence-corrected chi connectivity index (χ4v) is 2.16. The molecule has 1 amide bonds. The number of aryl methyl sites for hydroxylation is 1. The van der Waals surface area contributed by atoms with Crippen LogP contribution in [0.25, 0.3) is 0 Å². The van der Waals surface area contributed by atoms with Gasteiger partial charge in [-0.15, -0.1) is 0 Å². The van der Waals surface area contributed by atoms with Crippen molar-refractivity contribution in [3.05, 3.63) is 28.2 Å². The minimum absolute atomic E-state index is 0.508. The van der Waals surface area contributed by atoms with Crippen molar-refractivity contribution in [1.29, 1.82) is 0 Å². The first-order chi connectivity index (χ1) is 8.62. The highest BCUT2D eigenvalue weighted by molar-refractivity contribution is 9.10. The molecule has 5 heteroatoms. The maximum atomic E-state index is 12.2. The summed E-state index contributed by atoms with van der Waals surface area (Å²) in [6.07, 6.45) is 0. The zero-order valence-electron chi connectivity index (χ0n) is 11.5. The Balaban J connectivity index is 3.01. The van der Waals surface area contributed by atoms with Crippen molar-refractivity contribution in [2.75, 3.05) is 5.32 Å². The van der Waals surface area contributed by atoms with Crippen molar-refractivity contribution in [2.24, 2.45) is 11.3 Å². The third kappa shape index (κ3) is 4.06. The molecule has 0 aliphatic carbocycles. The number of carbonyl (C=O) groups excluding carboxylic acids is 1. The first-order valence-corrected chi connectivity index (χ1v) is 6.72. The van der Waals surface area contributed by atoms with Crippen molar-refractivity contribution in [3.63, 3.8) is 0 Å². The molecule has 0 fully saturated rings. The Hall–Kier alpha value is -1.36. The van der Waals surface area contributed by atoms with Gasteiger partial charge < -0.3 is 10.4 Å². The van der Waals surface area contributed by atoms with E-state index < -0.39 is 23.2 Å². The van der Waals surface area contributed by atoms with Crippen LogP contribution in [0.4, 0.5) is 5.69 Å². The van der Waals surface area contributed by atoms with E-state index in [-0.39, 0.29) is 0 Å². The summed E-state index contributed by atoms with van der Waals surface area (Å²) in [5.41, 5.74) is 0.924. The molecule has 0 spiro atoms. The molecule has 1 aromatic carbocycles. The summed E-state index contributed by atoms with van der Waals surface area (Å²) in [6, 6.07) is 5.51. The molecule has 0 saturated carbocycles. The molecule has 0 radical (unpaired) electrons. The Kier molecular flexibility index (Phi) is 4.74. The summed E-state index contributed by atoms with van der Waals surface area (Å²) in [5, 5.41) is 11.9. The number of halogens is 1. The minimum Gasteiger partial charge on any atom is -0.481 e. The normalized spacial score (nSPS) is 12.9. The van der Waals surface area contributed by atoms with Crippen LogP contribution in [0.2, 0.25) is 0 Å². The second-order valence-electron chi connectivity index (χ2n) is 5.61. The number of anilines is 1. The summed E-state index contributed by atoms with van der Waals surface area (Å²) in [6.45, 7) is 7.10. The van der Waals surface area contributed by atoms with E-state index in [9.17, 15) is 14.7 Å². The molecule has 0 saturated heterocycles. The first kappa shape index (κ1) is 15.7. The van der Waals surface area contributed by atoms with Crippen molar-refractivity contribution < 1.29 is 14.7 Å². The molecule has 1 unspecified atom stereocenters. The van der Waals surface area contributed by atoms with Gasteiger partial charge in [0.2, 0.25) is 5.91 Å². The van der Waals surface area contributed by atoms with Crippen molar-refractivity contribution >= 4 is 33.5 Å². The number of aliphatic carboxylic acids is 1. The van der Waals surface area contributed by atoms with Crippen LogP contribution in [0.15, 0.2) is 22.7 Å². The molecule has 1 rings (SSSR count). The van der Waals surface area contributed by atoms with Gasteiger partial charge in [0.1, 0.15) is 5.92 Å². The van der Waals surface area contributed by atoms with Gasteiger partial charge in [-0.05, 0) is 46.0 Å². The number of carbonyl (C=O) groups is 2. The van der Waals surface area contributed by atoms with Gasteiger partial charge in [0, 0.05) is 4.47 Å². The lowest BCUT2D eigenvalue weighted by molar-refractivity contribution is -0.149.